The first-order valence-corrected chi connectivity index (χ1v) is 6.50. The second kappa shape index (κ2) is 8.02. The van der Waals surface area contributed by atoms with Crippen molar-refractivity contribution in [3.05, 3.63) is 35.1 Å². The van der Waals surface area contributed by atoms with Crippen LogP contribution in [0, 0.1) is 17.7 Å². The van der Waals surface area contributed by atoms with Crippen LogP contribution in [-0.2, 0) is 4.79 Å². The second-order valence-corrected chi connectivity index (χ2v) is 4.61. The Labute approximate surface area is 123 Å². The van der Waals surface area contributed by atoms with Crippen LogP contribution in [0.4, 0.5) is 4.39 Å². The summed E-state index contributed by atoms with van der Waals surface area (Å²) in [6, 6.07) is 3.92. The lowest BCUT2D eigenvalue weighted by atomic mass is 10.1. The van der Waals surface area contributed by atoms with Gasteiger partial charge in [-0.15, -0.1) is 0 Å². The van der Waals surface area contributed by atoms with Gasteiger partial charge in [0, 0.05) is 11.6 Å². The van der Waals surface area contributed by atoms with Crippen LogP contribution < -0.4 is 16.4 Å². The largest absolute Gasteiger partial charge is 0.352 e. The highest BCUT2D eigenvalue weighted by molar-refractivity contribution is 5.96. The van der Waals surface area contributed by atoms with Crippen molar-refractivity contribution in [2.24, 2.45) is 5.73 Å². The van der Waals surface area contributed by atoms with E-state index in [0.29, 0.717) is 0 Å². The molecule has 0 aliphatic carbocycles. The van der Waals surface area contributed by atoms with Crippen molar-refractivity contribution >= 4 is 11.8 Å². The highest BCUT2D eigenvalue weighted by Crippen LogP contribution is 2.09. The molecule has 0 atom stereocenters. The van der Waals surface area contributed by atoms with E-state index in [9.17, 15) is 14.0 Å². The molecule has 21 heavy (non-hydrogen) atoms. The number of benzene rings is 1. The Morgan fingerprint density at radius 1 is 1.38 bits per heavy atom. The Morgan fingerprint density at radius 3 is 2.67 bits per heavy atom. The lowest BCUT2D eigenvalue weighted by Gasteiger charge is -2.09. The Hall–Kier alpha value is -2.39. The van der Waals surface area contributed by atoms with Gasteiger partial charge in [-0.1, -0.05) is 11.8 Å². The number of hydrogen-bond acceptors (Lipinski definition) is 3. The molecule has 1 aromatic carbocycles. The fourth-order valence-corrected chi connectivity index (χ4v) is 1.54. The van der Waals surface area contributed by atoms with E-state index in [4.69, 9.17) is 5.73 Å². The minimum atomic E-state index is -0.602. The Bertz CT molecular complexity index is 588. The van der Waals surface area contributed by atoms with Crippen LogP contribution in [0.3, 0.4) is 0 Å². The fraction of sp³-hybridized carbons (Fsp3) is 0.333. The van der Waals surface area contributed by atoms with Crippen LogP contribution in [0.15, 0.2) is 18.2 Å². The molecule has 0 unspecified atom stereocenters. The van der Waals surface area contributed by atoms with Crippen LogP contribution in [0.1, 0.15) is 29.8 Å². The highest BCUT2D eigenvalue weighted by atomic mass is 19.1. The average Bonchev–Trinajstić information content (AvgIpc) is 2.42. The SMILES string of the molecule is CC(C)NC(=O)CNC(=O)c1ccc(C#CCN)c(F)c1. The molecule has 0 bridgehead atoms. The maximum atomic E-state index is 13.7. The summed E-state index contributed by atoms with van der Waals surface area (Å²) in [4.78, 5) is 23.2. The normalized spacial score (nSPS) is 9.76. The third kappa shape index (κ3) is 5.63. The van der Waals surface area contributed by atoms with E-state index < -0.39 is 11.7 Å². The molecule has 112 valence electrons. The third-order valence-corrected chi connectivity index (χ3v) is 2.42. The molecule has 6 heteroatoms. The zero-order valence-corrected chi connectivity index (χ0v) is 12.0. The van der Waals surface area contributed by atoms with Gasteiger partial charge in [0.05, 0.1) is 18.7 Å². The Kier molecular flexibility index (Phi) is 6.37. The highest BCUT2D eigenvalue weighted by Gasteiger charge is 2.10. The van der Waals surface area contributed by atoms with E-state index >= 15 is 0 Å². The number of rotatable bonds is 4. The van der Waals surface area contributed by atoms with Crippen molar-refractivity contribution in [2.45, 2.75) is 19.9 Å². The summed E-state index contributed by atoms with van der Waals surface area (Å²) < 4.78 is 13.7. The molecule has 0 heterocycles. The monoisotopic (exact) mass is 291 g/mol. The van der Waals surface area contributed by atoms with Crippen LogP contribution in [-0.4, -0.2) is 30.9 Å². The maximum absolute atomic E-state index is 13.7. The summed E-state index contributed by atoms with van der Waals surface area (Å²) >= 11 is 0. The lowest BCUT2D eigenvalue weighted by Crippen LogP contribution is -2.39. The van der Waals surface area contributed by atoms with Gasteiger partial charge in [-0.3, -0.25) is 9.59 Å². The Morgan fingerprint density at radius 2 is 2.10 bits per heavy atom. The molecule has 0 radical (unpaired) electrons. The smallest absolute Gasteiger partial charge is 0.251 e. The van der Waals surface area contributed by atoms with Crippen LogP contribution in [0.25, 0.3) is 0 Å². The molecule has 0 fully saturated rings. The molecule has 5 nitrogen and oxygen atoms in total. The van der Waals surface area contributed by atoms with Gasteiger partial charge in [0.2, 0.25) is 5.91 Å². The van der Waals surface area contributed by atoms with Crippen molar-refractivity contribution in [3.8, 4) is 11.8 Å². The van der Waals surface area contributed by atoms with Crippen LogP contribution in [0.5, 0.6) is 0 Å². The molecule has 0 aliphatic heterocycles. The molecule has 0 spiro atoms. The summed E-state index contributed by atoms with van der Waals surface area (Å²) in [6.07, 6.45) is 0. The number of nitrogens with two attached hydrogens (primary N) is 1. The standard InChI is InChI=1S/C15H18FN3O2/c1-10(2)19-14(20)9-18-15(21)12-6-5-11(4-3-7-17)13(16)8-12/h5-6,8,10H,7,9,17H2,1-2H3,(H,18,21)(H,19,20). The van der Waals surface area contributed by atoms with E-state index in [1.165, 1.54) is 12.1 Å². The number of halogens is 1. The van der Waals surface area contributed by atoms with Crippen molar-refractivity contribution in [3.63, 3.8) is 0 Å². The van der Waals surface area contributed by atoms with Gasteiger partial charge >= 0.3 is 0 Å². The average molecular weight is 291 g/mol. The molecule has 1 rings (SSSR count). The van der Waals surface area contributed by atoms with E-state index in [1.807, 2.05) is 13.8 Å². The summed E-state index contributed by atoms with van der Waals surface area (Å²) in [5.41, 5.74) is 5.51. The molecule has 2 amide bonds. The van der Waals surface area contributed by atoms with E-state index in [0.717, 1.165) is 6.07 Å². The topological polar surface area (TPSA) is 84.2 Å². The van der Waals surface area contributed by atoms with Gasteiger partial charge in [-0.05, 0) is 32.0 Å². The number of hydrogen-bond donors (Lipinski definition) is 3. The van der Waals surface area contributed by atoms with Crippen LogP contribution in [0.2, 0.25) is 0 Å². The van der Waals surface area contributed by atoms with E-state index in [-0.39, 0.29) is 36.2 Å². The number of carbonyl (C=O) groups is 2. The molecular formula is C15H18FN3O2. The quantitative estimate of drug-likeness (QED) is 0.702. The van der Waals surface area contributed by atoms with Gasteiger partial charge in [-0.2, -0.15) is 0 Å². The van der Waals surface area contributed by atoms with Gasteiger partial charge in [0.25, 0.3) is 5.91 Å². The number of nitrogens with one attached hydrogen (secondary N) is 2. The van der Waals surface area contributed by atoms with E-state index in [2.05, 4.69) is 22.5 Å². The number of amides is 2. The van der Waals surface area contributed by atoms with E-state index in [1.54, 1.807) is 0 Å². The summed E-state index contributed by atoms with van der Waals surface area (Å²) in [7, 11) is 0. The van der Waals surface area contributed by atoms with Gasteiger partial charge in [0.15, 0.2) is 0 Å². The Balaban J connectivity index is 2.67. The first kappa shape index (κ1) is 16.7. The summed E-state index contributed by atoms with van der Waals surface area (Å²) in [5.74, 6) is 3.68. The maximum Gasteiger partial charge on any atom is 0.251 e. The fourth-order valence-electron chi connectivity index (χ4n) is 1.54. The van der Waals surface area contributed by atoms with Gasteiger partial charge in [0.1, 0.15) is 5.82 Å². The molecule has 0 aliphatic rings. The predicted molar refractivity (Wildman–Crippen MR) is 77.9 cm³/mol. The molecular weight excluding hydrogens is 273 g/mol. The minimum Gasteiger partial charge on any atom is -0.352 e. The predicted octanol–water partition coefficient (Wildman–Crippen LogP) is 0.390. The zero-order chi connectivity index (χ0) is 15.8. The molecule has 4 N–H and O–H groups in total. The molecule has 0 saturated carbocycles. The zero-order valence-electron chi connectivity index (χ0n) is 12.0. The van der Waals surface area contributed by atoms with Crippen LogP contribution >= 0.6 is 0 Å². The molecule has 0 aromatic heterocycles. The van der Waals surface area contributed by atoms with Gasteiger partial charge < -0.3 is 16.4 Å². The summed E-state index contributed by atoms with van der Waals surface area (Å²) in [6.45, 7) is 3.60. The first-order chi connectivity index (χ1) is 9.93. The third-order valence-electron chi connectivity index (χ3n) is 2.42. The van der Waals surface area contributed by atoms with Crippen molar-refractivity contribution in [1.82, 2.24) is 10.6 Å². The molecule has 1 aromatic rings. The lowest BCUT2D eigenvalue weighted by molar-refractivity contribution is -0.120. The van der Waals surface area contributed by atoms with Crippen molar-refractivity contribution in [1.29, 1.82) is 0 Å². The van der Waals surface area contributed by atoms with Crippen molar-refractivity contribution in [2.75, 3.05) is 13.1 Å². The second-order valence-electron chi connectivity index (χ2n) is 4.61. The first-order valence-electron chi connectivity index (χ1n) is 6.50. The van der Waals surface area contributed by atoms with Crippen molar-refractivity contribution < 1.29 is 14.0 Å². The van der Waals surface area contributed by atoms with Gasteiger partial charge in [-0.25, -0.2) is 4.39 Å². The number of carbonyl (C=O) groups excluding carboxylic acids is 2. The minimum absolute atomic E-state index is 0.00718. The summed E-state index contributed by atoms with van der Waals surface area (Å²) in [5, 5.41) is 5.06. The molecule has 0 saturated heterocycles.